The lowest BCUT2D eigenvalue weighted by Crippen LogP contribution is -2.47. The first-order valence-electron chi connectivity index (χ1n) is 14.0. The van der Waals surface area contributed by atoms with E-state index in [0.717, 1.165) is 71.5 Å². The van der Waals surface area contributed by atoms with Crippen molar-refractivity contribution in [2.75, 3.05) is 56.7 Å². The first-order valence-corrected chi connectivity index (χ1v) is 14.0. The van der Waals surface area contributed by atoms with Gasteiger partial charge in [-0.2, -0.15) is 9.97 Å². The van der Waals surface area contributed by atoms with Crippen LogP contribution in [0.4, 0.5) is 11.8 Å². The lowest BCUT2D eigenvalue weighted by atomic mass is 10.0. The molecule has 6 rings (SSSR count). The van der Waals surface area contributed by atoms with Gasteiger partial charge in [-0.25, -0.2) is 4.98 Å². The number of ether oxygens (including phenoxy) is 1. The second-order valence-corrected chi connectivity index (χ2v) is 10.4. The lowest BCUT2D eigenvalue weighted by molar-refractivity contribution is 0.188. The maximum absolute atomic E-state index is 9.31. The minimum Gasteiger partial charge on any atom is -0.496 e. The molecule has 39 heavy (non-hydrogen) atoms. The molecule has 4 aromatic rings. The van der Waals surface area contributed by atoms with Crippen molar-refractivity contribution in [3.05, 3.63) is 60.4 Å². The standard InChI is InChI=1S/C30H37N7O2/c1-39-26-9-5-4-8-25(26)23-12-10-22(11-13-23)20-31-28-27-29(37(21-32-27)24-6-2-3-7-24)34-30(33-28)36-16-14-35(15-17-36)18-19-38/h4-5,8-13,21,24,38H,2-3,6-7,14-20H2,1H3,(H,31,33,34). The molecule has 3 heterocycles. The summed E-state index contributed by atoms with van der Waals surface area (Å²) < 4.78 is 7.81. The molecule has 1 saturated heterocycles. The van der Waals surface area contributed by atoms with Crippen molar-refractivity contribution in [3.63, 3.8) is 0 Å². The number of methoxy groups -OCH3 is 1. The van der Waals surface area contributed by atoms with Gasteiger partial charge in [-0.15, -0.1) is 0 Å². The van der Waals surface area contributed by atoms with E-state index in [0.29, 0.717) is 19.1 Å². The summed E-state index contributed by atoms with van der Waals surface area (Å²) in [4.78, 5) is 19.3. The lowest BCUT2D eigenvalue weighted by Gasteiger charge is -2.34. The highest BCUT2D eigenvalue weighted by Gasteiger charge is 2.25. The van der Waals surface area contributed by atoms with E-state index in [1.165, 1.54) is 25.7 Å². The average Bonchev–Trinajstić information content (AvgIpc) is 3.67. The summed E-state index contributed by atoms with van der Waals surface area (Å²) in [5.74, 6) is 2.40. The number of imidazole rings is 1. The number of aliphatic hydroxyl groups is 1. The average molecular weight is 528 g/mol. The zero-order valence-corrected chi connectivity index (χ0v) is 22.6. The monoisotopic (exact) mass is 527 g/mol. The summed E-state index contributed by atoms with van der Waals surface area (Å²) in [5.41, 5.74) is 5.11. The number of para-hydroxylation sites is 1. The molecule has 0 atom stereocenters. The number of hydrogen-bond acceptors (Lipinski definition) is 8. The van der Waals surface area contributed by atoms with Crippen LogP contribution in [0, 0.1) is 0 Å². The minimum atomic E-state index is 0.191. The van der Waals surface area contributed by atoms with Crippen LogP contribution in [0.5, 0.6) is 5.75 Å². The maximum Gasteiger partial charge on any atom is 0.229 e. The van der Waals surface area contributed by atoms with E-state index in [1.807, 2.05) is 24.5 Å². The summed E-state index contributed by atoms with van der Waals surface area (Å²) in [6.07, 6.45) is 6.81. The maximum atomic E-state index is 9.31. The number of anilines is 2. The Bertz CT molecular complexity index is 1390. The summed E-state index contributed by atoms with van der Waals surface area (Å²) >= 11 is 0. The van der Waals surface area contributed by atoms with Gasteiger partial charge < -0.3 is 24.6 Å². The molecule has 9 nitrogen and oxygen atoms in total. The van der Waals surface area contributed by atoms with Gasteiger partial charge in [0.15, 0.2) is 17.0 Å². The number of aromatic nitrogens is 4. The molecule has 2 aromatic carbocycles. The van der Waals surface area contributed by atoms with Gasteiger partial charge >= 0.3 is 0 Å². The summed E-state index contributed by atoms with van der Waals surface area (Å²) in [5, 5.41) is 12.9. The third kappa shape index (κ3) is 5.42. The molecule has 2 fully saturated rings. The predicted octanol–water partition coefficient (Wildman–Crippen LogP) is 4.34. The Hall–Kier alpha value is -3.69. The normalized spacial score (nSPS) is 16.7. The molecule has 0 bridgehead atoms. The van der Waals surface area contributed by atoms with Gasteiger partial charge in [0.05, 0.1) is 20.0 Å². The van der Waals surface area contributed by atoms with Gasteiger partial charge in [-0.3, -0.25) is 4.90 Å². The Balaban J connectivity index is 1.25. The van der Waals surface area contributed by atoms with Crippen molar-refractivity contribution in [2.45, 2.75) is 38.3 Å². The van der Waals surface area contributed by atoms with Crippen molar-refractivity contribution >= 4 is 22.9 Å². The minimum absolute atomic E-state index is 0.191. The first-order chi connectivity index (χ1) is 19.2. The quantitative estimate of drug-likeness (QED) is 0.332. The van der Waals surface area contributed by atoms with E-state index >= 15 is 0 Å². The molecule has 1 aliphatic carbocycles. The third-order valence-electron chi connectivity index (χ3n) is 8.03. The molecular weight excluding hydrogens is 490 g/mol. The van der Waals surface area contributed by atoms with Crippen LogP contribution in [0.2, 0.25) is 0 Å². The van der Waals surface area contributed by atoms with Crippen LogP contribution in [-0.4, -0.2) is 76.0 Å². The van der Waals surface area contributed by atoms with Crippen molar-refractivity contribution < 1.29 is 9.84 Å². The fourth-order valence-electron chi connectivity index (χ4n) is 5.80. The van der Waals surface area contributed by atoms with Gasteiger partial charge in [0.1, 0.15) is 5.75 Å². The van der Waals surface area contributed by atoms with Gasteiger partial charge in [0.25, 0.3) is 0 Å². The Morgan fingerprint density at radius 2 is 1.74 bits per heavy atom. The molecular formula is C30H37N7O2. The molecule has 0 unspecified atom stereocenters. The molecule has 2 aromatic heterocycles. The number of β-amino-alcohol motifs (C(OH)–C–C–N with tert-alkyl or cyclic N) is 1. The SMILES string of the molecule is COc1ccccc1-c1ccc(CNc2nc(N3CCN(CCO)CC3)nc3c2ncn3C2CCCC2)cc1. The van der Waals surface area contributed by atoms with Crippen LogP contribution >= 0.6 is 0 Å². The predicted molar refractivity (Wildman–Crippen MR) is 154 cm³/mol. The Labute approximate surface area is 229 Å². The molecule has 0 radical (unpaired) electrons. The van der Waals surface area contributed by atoms with E-state index in [1.54, 1.807) is 7.11 Å². The van der Waals surface area contributed by atoms with Crippen LogP contribution in [0.15, 0.2) is 54.9 Å². The van der Waals surface area contributed by atoms with Gasteiger partial charge in [0, 0.05) is 50.9 Å². The highest BCUT2D eigenvalue weighted by Crippen LogP contribution is 2.34. The fraction of sp³-hybridized carbons (Fsp3) is 0.433. The van der Waals surface area contributed by atoms with E-state index in [9.17, 15) is 5.11 Å². The number of hydrogen-bond donors (Lipinski definition) is 2. The van der Waals surface area contributed by atoms with E-state index in [4.69, 9.17) is 19.7 Å². The van der Waals surface area contributed by atoms with Gasteiger partial charge in [0.2, 0.25) is 5.95 Å². The number of rotatable bonds is 9. The molecule has 1 saturated carbocycles. The number of piperazine rings is 1. The smallest absolute Gasteiger partial charge is 0.229 e. The largest absolute Gasteiger partial charge is 0.496 e. The molecule has 0 amide bonds. The van der Waals surface area contributed by atoms with Crippen molar-refractivity contribution in [1.82, 2.24) is 24.4 Å². The molecule has 0 spiro atoms. The Morgan fingerprint density at radius 1 is 0.974 bits per heavy atom. The zero-order chi connectivity index (χ0) is 26.6. The van der Waals surface area contributed by atoms with Crippen LogP contribution in [0.1, 0.15) is 37.3 Å². The summed E-state index contributed by atoms with van der Waals surface area (Å²) in [7, 11) is 1.71. The van der Waals surface area contributed by atoms with Crippen molar-refractivity contribution in [2.24, 2.45) is 0 Å². The van der Waals surface area contributed by atoms with Crippen molar-refractivity contribution in [3.8, 4) is 16.9 Å². The molecule has 204 valence electrons. The fourth-order valence-corrected chi connectivity index (χ4v) is 5.80. The zero-order valence-electron chi connectivity index (χ0n) is 22.6. The summed E-state index contributed by atoms with van der Waals surface area (Å²) in [6.45, 7) is 5.01. The van der Waals surface area contributed by atoms with E-state index in [2.05, 4.69) is 50.0 Å². The van der Waals surface area contributed by atoms with E-state index < -0.39 is 0 Å². The number of aliphatic hydroxyl groups excluding tert-OH is 1. The van der Waals surface area contributed by atoms with Gasteiger partial charge in [-0.05, 0) is 30.0 Å². The third-order valence-corrected chi connectivity index (χ3v) is 8.03. The van der Waals surface area contributed by atoms with Crippen LogP contribution in [0.25, 0.3) is 22.3 Å². The second-order valence-electron chi connectivity index (χ2n) is 10.4. The van der Waals surface area contributed by atoms with Gasteiger partial charge in [-0.1, -0.05) is 55.3 Å². The highest BCUT2D eigenvalue weighted by molar-refractivity contribution is 5.84. The topological polar surface area (TPSA) is 91.6 Å². The van der Waals surface area contributed by atoms with Crippen LogP contribution in [-0.2, 0) is 6.54 Å². The van der Waals surface area contributed by atoms with Crippen LogP contribution in [0.3, 0.4) is 0 Å². The van der Waals surface area contributed by atoms with Crippen LogP contribution < -0.4 is 15.0 Å². The highest BCUT2D eigenvalue weighted by atomic mass is 16.5. The molecule has 2 N–H and O–H groups in total. The molecule has 2 aliphatic rings. The van der Waals surface area contributed by atoms with Crippen molar-refractivity contribution in [1.29, 1.82) is 0 Å². The number of nitrogens with one attached hydrogen (secondary N) is 1. The second kappa shape index (κ2) is 11.6. The first kappa shape index (κ1) is 25.6. The molecule has 1 aliphatic heterocycles. The number of benzene rings is 2. The number of fused-ring (bicyclic) bond motifs is 1. The molecule has 9 heteroatoms. The summed E-state index contributed by atoms with van der Waals surface area (Å²) in [6, 6.07) is 17.1. The van der Waals surface area contributed by atoms with E-state index in [-0.39, 0.29) is 6.61 Å². The Kier molecular flexibility index (Phi) is 7.60. The number of nitrogens with zero attached hydrogens (tertiary/aromatic N) is 6. The Morgan fingerprint density at radius 3 is 2.49 bits per heavy atom.